The molecule has 1 N–H and O–H groups in total. The molecule has 0 aliphatic carbocycles. The fraction of sp³-hybridized carbons (Fsp3) is 0.500. The molecule has 136 valence electrons. The third-order valence-corrected chi connectivity index (χ3v) is 4.98. The molecule has 0 spiro atoms. The largest absolute Gasteiger partial charge is 0.353 e. The van der Waals surface area contributed by atoms with Gasteiger partial charge in [-0.3, -0.25) is 14.5 Å². The standard InChI is InChI=1S/C20H27BrN2O2/c1-15(2)9-12-23-13-10-18(11-14-23)22-20(25)8-7-19(24)16-3-5-17(21)6-4-16/h3-6,9,18H,7-8,10-14H2,1-2H3,(H,22,25). The first kappa shape index (κ1) is 19.9. The average molecular weight is 407 g/mol. The zero-order valence-corrected chi connectivity index (χ0v) is 16.6. The van der Waals surface area contributed by atoms with E-state index in [9.17, 15) is 9.59 Å². The highest BCUT2D eigenvalue weighted by Gasteiger charge is 2.20. The molecule has 1 aromatic rings. The fourth-order valence-corrected chi connectivity index (χ4v) is 3.14. The molecule has 1 saturated heterocycles. The van der Waals surface area contributed by atoms with Crippen LogP contribution in [0.25, 0.3) is 0 Å². The molecule has 0 bridgehead atoms. The molecule has 0 aromatic heterocycles. The maximum absolute atomic E-state index is 12.1. The van der Waals surface area contributed by atoms with Gasteiger partial charge in [0.15, 0.2) is 5.78 Å². The van der Waals surface area contributed by atoms with E-state index in [2.05, 4.69) is 46.1 Å². The van der Waals surface area contributed by atoms with Crippen molar-refractivity contribution in [3.05, 3.63) is 46.0 Å². The van der Waals surface area contributed by atoms with Crippen LogP contribution < -0.4 is 5.32 Å². The molecule has 2 rings (SSSR count). The first-order valence-electron chi connectivity index (χ1n) is 8.88. The fourth-order valence-electron chi connectivity index (χ4n) is 2.88. The van der Waals surface area contributed by atoms with Gasteiger partial charge in [-0.25, -0.2) is 0 Å². The van der Waals surface area contributed by atoms with E-state index >= 15 is 0 Å². The van der Waals surface area contributed by atoms with Crippen molar-refractivity contribution < 1.29 is 9.59 Å². The van der Waals surface area contributed by atoms with Crippen molar-refractivity contribution in [1.29, 1.82) is 0 Å². The van der Waals surface area contributed by atoms with Crippen molar-refractivity contribution in [2.24, 2.45) is 0 Å². The quantitative estimate of drug-likeness (QED) is 0.550. The summed E-state index contributed by atoms with van der Waals surface area (Å²) < 4.78 is 0.942. The number of halogens is 1. The molecule has 4 nitrogen and oxygen atoms in total. The van der Waals surface area contributed by atoms with E-state index in [1.807, 2.05) is 12.1 Å². The summed E-state index contributed by atoms with van der Waals surface area (Å²) in [6, 6.07) is 7.49. The van der Waals surface area contributed by atoms with Crippen LogP contribution in [0.1, 0.15) is 49.9 Å². The highest BCUT2D eigenvalue weighted by molar-refractivity contribution is 9.10. The van der Waals surface area contributed by atoms with Crippen molar-refractivity contribution in [3.63, 3.8) is 0 Å². The maximum atomic E-state index is 12.1. The Morgan fingerprint density at radius 2 is 1.80 bits per heavy atom. The minimum Gasteiger partial charge on any atom is -0.353 e. The number of nitrogens with zero attached hydrogens (tertiary/aromatic N) is 1. The Morgan fingerprint density at radius 1 is 1.16 bits per heavy atom. The maximum Gasteiger partial charge on any atom is 0.220 e. The smallest absolute Gasteiger partial charge is 0.220 e. The number of nitrogens with one attached hydrogen (secondary N) is 1. The number of carbonyl (C=O) groups excluding carboxylic acids is 2. The van der Waals surface area contributed by atoms with Gasteiger partial charge in [-0.15, -0.1) is 0 Å². The molecular formula is C20H27BrN2O2. The summed E-state index contributed by atoms with van der Waals surface area (Å²) in [7, 11) is 0. The lowest BCUT2D eigenvalue weighted by Gasteiger charge is -2.31. The second-order valence-corrected chi connectivity index (χ2v) is 7.77. The number of benzene rings is 1. The summed E-state index contributed by atoms with van der Waals surface area (Å²) in [6.45, 7) is 7.23. The average Bonchev–Trinajstić information content (AvgIpc) is 2.59. The highest BCUT2D eigenvalue weighted by atomic mass is 79.9. The monoisotopic (exact) mass is 406 g/mol. The molecule has 0 radical (unpaired) electrons. The lowest BCUT2D eigenvalue weighted by atomic mass is 10.0. The second-order valence-electron chi connectivity index (χ2n) is 6.85. The number of amides is 1. The van der Waals surface area contributed by atoms with Crippen LogP contribution in [0.2, 0.25) is 0 Å². The number of piperidine rings is 1. The van der Waals surface area contributed by atoms with Gasteiger partial charge in [-0.05, 0) is 38.8 Å². The summed E-state index contributed by atoms with van der Waals surface area (Å²) >= 11 is 3.35. The minimum absolute atomic E-state index is 0.0131. The highest BCUT2D eigenvalue weighted by Crippen LogP contribution is 2.14. The van der Waals surface area contributed by atoms with Gasteiger partial charge in [0.2, 0.25) is 5.91 Å². The number of allylic oxidation sites excluding steroid dienone is 1. The van der Waals surface area contributed by atoms with Gasteiger partial charge in [0, 0.05) is 48.6 Å². The summed E-state index contributed by atoms with van der Waals surface area (Å²) in [4.78, 5) is 26.6. The van der Waals surface area contributed by atoms with Crippen molar-refractivity contribution >= 4 is 27.6 Å². The Hall–Kier alpha value is -1.46. The molecule has 1 aliphatic heterocycles. The van der Waals surface area contributed by atoms with E-state index in [0.717, 1.165) is 36.9 Å². The van der Waals surface area contributed by atoms with Gasteiger partial charge < -0.3 is 5.32 Å². The molecule has 25 heavy (non-hydrogen) atoms. The van der Waals surface area contributed by atoms with Crippen LogP contribution >= 0.6 is 15.9 Å². The number of carbonyl (C=O) groups is 2. The van der Waals surface area contributed by atoms with Crippen molar-refractivity contribution in [2.75, 3.05) is 19.6 Å². The number of ketones is 1. The topological polar surface area (TPSA) is 49.4 Å². The Bertz CT molecular complexity index is 613. The second kappa shape index (κ2) is 9.88. The van der Waals surface area contributed by atoms with E-state index in [-0.39, 0.29) is 30.6 Å². The van der Waals surface area contributed by atoms with Crippen LogP contribution in [0, 0.1) is 0 Å². The number of rotatable bonds is 7. The lowest BCUT2D eigenvalue weighted by molar-refractivity contribution is -0.122. The minimum atomic E-state index is -0.0202. The third-order valence-electron chi connectivity index (χ3n) is 4.46. The molecule has 0 atom stereocenters. The van der Waals surface area contributed by atoms with Gasteiger partial charge in [0.25, 0.3) is 0 Å². The SMILES string of the molecule is CC(C)=CCN1CCC(NC(=O)CCC(=O)c2ccc(Br)cc2)CC1. The number of Topliss-reactive ketones (excluding diaryl/α,β-unsaturated/α-hetero) is 1. The number of hydrogen-bond donors (Lipinski definition) is 1. The molecule has 0 unspecified atom stereocenters. The van der Waals surface area contributed by atoms with Crippen LogP contribution in [0.15, 0.2) is 40.4 Å². The van der Waals surface area contributed by atoms with E-state index in [1.54, 1.807) is 12.1 Å². The van der Waals surface area contributed by atoms with Gasteiger partial charge in [-0.2, -0.15) is 0 Å². The summed E-state index contributed by atoms with van der Waals surface area (Å²) in [5.74, 6) is -0.00704. The predicted octanol–water partition coefficient (Wildman–Crippen LogP) is 3.96. The van der Waals surface area contributed by atoms with Crippen LogP contribution in [-0.4, -0.2) is 42.3 Å². The normalized spacial score (nSPS) is 15.6. The summed E-state index contributed by atoms with van der Waals surface area (Å²) in [5.41, 5.74) is 1.99. The first-order chi connectivity index (χ1) is 11.9. The van der Waals surface area contributed by atoms with E-state index in [1.165, 1.54) is 5.57 Å². The Balaban J connectivity index is 1.68. The van der Waals surface area contributed by atoms with Gasteiger partial charge in [0.1, 0.15) is 0 Å². The summed E-state index contributed by atoms with van der Waals surface area (Å²) in [5, 5.41) is 3.08. The van der Waals surface area contributed by atoms with Gasteiger partial charge >= 0.3 is 0 Å². The molecular weight excluding hydrogens is 380 g/mol. The molecule has 1 aliphatic rings. The van der Waals surface area contributed by atoms with Gasteiger partial charge in [0.05, 0.1) is 0 Å². The number of likely N-dealkylation sites (tertiary alicyclic amines) is 1. The Morgan fingerprint density at radius 3 is 2.40 bits per heavy atom. The van der Waals surface area contributed by atoms with Crippen molar-refractivity contribution in [3.8, 4) is 0 Å². The Kier molecular flexibility index (Phi) is 7.85. The zero-order valence-electron chi connectivity index (χ0n) is 15.1. The van der Waals surface area contributed by atoms with E-state index in [0.29, 0.717) is 5.56 Å². The van der Waals surface area contributed by atoms with Gasteiger partial charge in [-0.1, -0.05) is 39.7 Å². The van der Waals surface area contributed by atoms with Crippen LogP contribution in [0.5, 0.6) is 0 Å². The van der Waals surface area contributed by atoms with E-state index in [4.69, 9.17) is 0 Å². The molecule has 0 saturated carbocycles. The van der Waals surface area contributed by atoms with Crippen molar-refractivity contribution in [1.82, 2.24) is 10.2 Å². The molecule has 1 aromatic carbocycles. The molecule has 5 heteroatoms. The Labute approximate surface area is 158 Å². The van der Waals surface area contributed by atoms with Crippen LogP contribution in [0.4, 0.5) is 0 Å². The number of hydrogen-bond acceptors (Lipinski definition) is 3. The molecule has 1 amide bonds. The van der Waals surface area contributed by atoms with E-state index < -0.39 is 0 Å². The predicted molar refractivity (Wildman–Crippen MR) is 105 cm³/mol. The first-order valence-corrected chi connectivity index (χ1v) is 9.67. The molecule has 1 heterocycles. The lowest BCUT2D eigenvalue weighted by Crippen LogP contribution is -2.44. The van der Waals surface area contributed by atoms with Crippen LogP contribution in [-0.2, 0) is 4.79 Å². The molecule has 1 fully saturated rings. The summed E-state index contributed by atoms with van der Waals surface area (Å²) in [6.07, 6.45) is 4.71. The van der Waals surface area contributed by atoms with Crippen LogP contribution in [0.3, 0.4) is 0 Å². The zero-order chi connectivity index (χ0) is 18.2. The van der Waals surface area contributed by atoms with Crippen molar-refractivity contribution in [2.45, 2.75) is 45.6 Å². The third kappa shape index (κ3) is 7.12.